The van der Waals surface area contributed by atoms with Crippen molar-refractivity contribution in [2.75, 3.05) is 5.32 Å². The molecule has 0 amide bonds. The summed E-state index contributed by atoms with van der Waals surface area (Å²) in [6.45, 7) is 6.05. The van der Waals surface area contributed by atoms with Crippen LogP contribution in [-0.4, -0.2) is 19.7 Å². The number of anilines is 1. The molecule has 3 rings (SSSR count). The first-order valence-electron chi connectivity index (χ1n) is 7.30. The molecule has 0 aliphatic rings. The lowest BCUT2D eigenvalue weighted by Gasteiger charge is -2.15. The zero-order valence-electron chi connectivity index (χ0n) is 13.0. The van der Waals surface area contributed by atoms with Gasteiger partial charge in [0, 0.05) is 23.8 Å². The van der Waals surface area contributed by atoms with Crippen LogP contribution in [0.4, 0.5) is 5.95 Å². The molecule has 0 saturated heterocycles. The van der Waals surface area contributed by atoms with Crippen molar-refractivity contribution in [2.45, 2.75) is 26.8 Å². The monoisotopic (exact) mass is 293 g/mol. The average molecular weight is 293 g/mol. The van der Waals surface area contributed by atoms with Gasteiger partial charge in [-0.2, -0.15) is 5.10 Å². The molecule has 0 spiro atoms. The summed E-state index contributed by atoms with van der Waals surface area (Å²) in [4.78, 5) is 8.84. The minimum Gasteiger partial charge on any atom is -0.348 e. The van der Waals surface area contributed by atoms with E-state index in [4.69, 9.17) is 0 Å². The second-order valence-electron chi connectivity index (χ2n) is 5.38. The summed E-state index contributed by atoms with van der Waals surface area (Å²) in [5.41, 5.74) is 4.16. The fourth-order valence-corrected chi connectivity index (χ4v) is 2.40. The molecule has 5 nitrogen and oxygen atoms in total. The molecule has 1 atom stereocenters. The Morgan fingerprint density at radius 2 is 1.73 bits per heavy atom. The van der Waals surface area contributed by atoms with Crippen molar-refractivity contribution in [3.05, 3.63) is 65.7 Å². The van der Waals surface area contributed by atoms with Gasteiger partial charge in [0.1, 0.15) is 0 Å². The van der Waals surface area contributed by atoms with Crippen molar-refractivity contribution < 1.29 is 0 Å². The smallest absolute Gasteiger partial charge is 0.223 e. The van der Waals surface area contributed by atoms with Gasteiger partial charge in [-0.25, -0.2) is 14.6 Å². The van der Waals surface area contributed by atoms with Crippen LogP contribution in [0.1, 0.15) is 29.9 Å². The molecule has 0 aliphatic carbocycles. The minimum atomic E-state index is 0.132. The molecule has 0 aliphatic heterocycles. The van der Waals surface area contributed by atoms with Gasteiger partial charge in [0.25, 0.3) is 0 Å². The summed E-state index contributed by atoms with van der Waals surface area (Å²) in [6.07, 6.45) is 3.70. The number of aromatic nitrogens is 4. The highest BCUT2D eigenvalue weighted by Crippen LogP contribution is 2.19. The van der Waals surface area contributed by atoms with E-state index in [9.17, 15) is 0 Å². The third kappa shape index (κ3) is 3.14. The first-order valence-corrected chi connectivity index (χ1v) is 7.30. The summed E-state index contributed by atoms with van der Waals surface area (Å²) in [5.74, 6) is 0.668. The molecule has 3 aromatic rings. The van der Waals surface area contributed by atoms with Gasteiger partial charge in [-0.1, -0.05) is 12.1 Å². The number of rotatable bonds is 4. The third-order valence-corrected chi connectivity index (χ3v) is 3.49. The van der Waals surface area contributed by atoms with Crippen molar-refractivity contribution in [1.82, 2.24) is 19.7 Å². The lowest BCUT2D eigenvalue weighted by molar-refractivity contribution is 0.845. The maximum absolute atomic E-state index is 4.42. The van der Waals surface area contributed by atoms with E-state index in [0.717, 1.165) is 17.1 Å². The van der Waals surface area contributed by atoms with Crippen LogP contribution in [0.15, 0.2) is 48.8 Å². The average Bonchev–Trinajstić information content (AvgIpc) is 3.00. The molecular formula is C17H19N5. The van der Waals surface area contributed by atoms with Gasteiger partial charge in [-0.15, -0.1) is 0 Å². The zero-order chi connectivity index (χ0) is 15.5. The van der Waals surface area contributed by atoms with Crippen LogP contribution in [0.5, 0.6) is 0 Å². The van der Waals surface area contributed by atoms with Crippen molar-refractivity contribution in [3.8, 4) is 5.69 Å². The van der Waals surface area contributed by atoms with E-state index in [-0.39, 0.29) is 6.04 Å². The summed E-state index contributed by atoms with van der Waals surface area (Å²) < 4.78 is 1.84. The number of hydrogen-bond donors (Lipinski definition) is 1. The van der Waals surface area contributed by atoms with Crippen LogP contribution < -0.4 is 5.32 Å². The first kappa shape index (κ1) is 14.3. The SMILES string of the molecule is Cc1cc(C)nc(NC(C)c2ccc(-n3cccn3)cc2)n1. The molecule has 0 saturated carbocycles. The Balaban J connectivity index is 1.76. The Morgan fingerprint density at radius 1 is 1.05 bits per heavy atom. The van der Waals surface area contributed by atoms with Gasteiger partial charge >= 0.3 is 0 Å². The van der Waals surface area contributed by atoms with E-state index in [1.807, 2.05) is 36.9 Å². The number of benzene rings is 1. The molecule has 112 valence electrons. The van der Waals surface area contributed by atoms with Crippen LogP contribution in [0, 0.1) is 13.8 Å². The predicted molar refractivity (Wildman–Crippen MR) is 87.1 cm³/mol. The number of hydrogen-bond acceptors (Lipinski definition) is 4. The highest BCUT2D eigenvalue weighted by atomic mass is 15.3. The largest absolute Gasteiger partial charge is 0.348 e. The van der Waals surface area contributed by atoms with Crippen LogP contribution in [0.2, 0.25) is 0 Å². The third-order valence-electron chi connectivity index (χ3n) is 3.49. The number of aryl methyl sites for hydroxylation is 2. The van der Waals surface area contributed by atoms with Crippen molar-refractivity contribution in [1.29, 1.82) is 0 Å². The highest BCUT2D eigenvalue weighted by molar-refractivity contribution is 5.38. The maximum Gasteiger partial charge on any atom is 0.223 e. The molecule has 0 radical (unpaired) electrons. The molecule has 2 aromatic heterocycles. The lowest BCUT2D eigenvalue weighted by atomic mass is 10.1. The van der Waals surface area contributed by atoms with Gasteiger partial charge in [0.15, 0.2) is 0 Å². The molecule has 1 N–H and O–H groups in total. The molecule has 1 aromatic carbocycles. The molecule has 1 unspecified atom stereocenters. The summed E-state index contributed by atoms with van der Waals surface area (Å²) in [7, 11) is 0. The van der Waals surface area contributed by atoms with Crippen LogP contribution >= 0.6 is 0 Å². The topological polar surface area (TPSA) is 55.6 Å². The second kappa shape index (κ2) is 5.97. The van der Waals surface area contributed by atoms with Crippen molar-refractivity contribution in [2.24, 2.45) is 0 Å². The zero-order valence-corrected chi connectivity index (χ0v) is 13.0. The summed E-state index contributed by atoms with van der Waals surface area (Å²) in [6, 6.07) is 12.3. The van der Waals surface area contributed by atoms with Gasteiger partial charge < -0.3 is 5.32 Å². The van der Waals surface area contributed by atoms with E-state index in [1.54, 1.807) is 6.20 Å². The fourth-order valence-electron chi connectivity index (χ4n) is 2.40. The molecule has 22 heavy (non-hydrogen) atoms. The van der Waals surface area contributed by atoms with E-state index >= 15 is 0 Å². The Labute approximate surface area is 130 Å². The summed E-state index contributed by atoms with van der Waals surface area (Å²) >= 11 is 0. The summed E-state index contributed by atoms with van der Waals surface area (Å²) in [5, 5.41) is 7.58. The maximum atomic E-state index is 4.42. The van der Waals surface area contributed by atoms with Gasteiger partial charge in [0.2, 0.25) is 5.95 Å². The first-order chi connectivity index (χ1) is 10.6. The number of nitrogens with zero attached hydrogens (tertiary/aromatic N) is 4. The van der Waals surface area contributed by atoms with E-state index in [0.29, 0.717) is 5.95 Å². The van der Waals surface area contributed by atoms with Gasteiger partial charge in [-0.05, 0) is 50.6 Å². The molecule has 2 heterocycles. The molecule has 5 heteroatoms. The van der Waals surface area contributed by atoms with E-state index in [2.05, 4.69) is 51.6 Å². The normalized spacial score (nSPS) is 12.1. The van der Waals surface area contributed by atoms with Gasteiger partial charge in [0.05, 0.1) is 11.7 Å². The van der Waals surface area contributed by atoms with Crippen molar-refractivity contribution >= 4 is 5.95 Å². The highest BCUT2D eigenvalue weighted by Gasteiger charge is 2.08. The second-order valence-corrected chi connectivity index (χ2v) is 5.38. The fraction of sp³-hybridized carbons (Fsp3) is 0.235. The Kier molecular flexibility index (Phi) is 3.87. The predicted octanol–water partition coefficient (Wildman–Crippen LogP) is 3.45. The Hall–Kier alpha value is -2.69. The Bertz CT molecular complexity index is 727. The Morgan fingerprint density at radius 3 is 2.32 bits per heavy atom. The lowest BCUT2D eigenvalue weighted by Crippen LogP contribution is -2.10. The molecule has 0 bridgehead atoms. The van der Waals surface area contributed by atoms with Crippen LogP contribution in [-0.2, 0) is 0 Å². The molecular weight excluding hydrogens is 274 g/mol. The van der Waals surface area contributed by atoms with Crippen LogP contribution in [0.3, 0.4) is 0 Å². The van der Waals surface area contributed by atoms with Gasteiger partial charge in [-0.3, -0.25) is 0 Å². The van der Waals surface area contributed by atoms with E-state index in [1.165, 1.54) is 5.56 Å². The van der Waals surface area contributed by atoms with E-state index < -0.39 is 0 Å². The minimum absolute atomic E-state index is 0.132. The van der Waals surface area contributed by atoms with Crippen LogP contribution in [0.25, 0.3) is 5.69 Å². The quantitative estimate of drug-likeness (QED) is 0.800. The van der Waals surface area contributed by atoms with Crippen molar-refractivity contribution in [3.63, 3.8) is 0 Å². The number of nitrogens with one attached hydrogen (secondary N) is 1. The molecule has 0 fully saturated rings. The standard InChI is InChI=1S/C17H19N5/c1-12-11-13(2)20-17(19-12)21-14(3)15-5-7-16(8-6-15)22-10-4-9-18-22/h4-11,14H,1-3H3,(H,19,20,21).